The average molecular weight is 567 g/mol. The normalized spacial score (nSPS) is 16.2. The number of carbonyl (C=O) groups is 1. The third kappa shape index (κ3) is 4.79. The fourth-order valence-corrected chi connectivity index (χ4v) is 5.94. The number of hydrogen-bond acceptors (Lipinski definition) is 6. The van der Waals surface area contributed by atoms with Gasteiger partial charge in [0.15, 0.2) is 23.1 Å². The minimum Gasteiger partial charge on any atom is -0.493 e. The zero-order valence-electron chi connectivity index (χ0n) is 23.5. The molecule has 1 aliphatic heterocycles. The lowest BCUT2D eigenvalue weighted by atomic mass is 10.1. The van der Waals surface area contributed by atoms with Gasteiger partial charge in [-0.05, 0) is 55.7 Å². The van der Waals surface area contributed by atoms with Crippen LogP contribution >= 0.6 is 0 Å². The molecule has 0 atom stereocenters. The minimum atomic E-state index is -0.456. The van der Waals surface area contributed by atoms with Crippen LogP contribution in [0.5, 0.6) is 23.0 Å². The van der Waals surface area contributed by atoms with Crippen LogP contribution in [0.3, 0.4) is 0 Å². The summed E-state index contributed by atoms with van der Waals surface area (Å²) >= 11 is 0. The highest BCUT2D eigenvalue weighted by molar-refractivity contribution is 5.90. The van der Waals surface area contributed by atoms with Gasteiger partial charge in [0.25, 0.3) is 0 Å². The first kappa shape index (κ1) is 26.3. The van der Waals surface area contributed by atoms with Gasteiger partial charge in [0, 0.05) is 66.0 Å². The Labute approximate surface area is 242 Å². The van der Waals surface area contributed by atoms with Crippen LogP contribution in [-0.4, -0.2) is 58.1 Å². The van der Waals surface area contributed by atoms with E-state index in [2.05, 4.69) is 39.1 Å². The third-order valence-corrected chi connectivity index (χ3v) is 8.34. The quantitative estimate of drug-likeness (QED) is 0.243. The van der Waals surface area contributed by atoms with Gasteiger partial charge in [-0.3, -0.25) is 9.88 Å². The largest absolute Gasteiger partial charge is 0.493 e. The molecule has 3 aromatic carbocycles. The van der Waals surface area contributed by atoms with Crippen LogP contribution in [0.25, 0.3) is 21.8 Å². The highest BCUT2D eigenvalue weighted by atomic mass is 19.1. The lowest BCUT2D eigenvalue weighted by Crippen LogP contribution is -2.56. The van der Waals surface area contributed by atoms with Gasteiger partial charge in [0.05, 0.1) is 12.6 Å². The zero-order valence-corrected chi connectivity index (χ0v) is 23.5. The first-order valence-corrected chi connectivity index (χ1v) is 14.1. The smallest absolute Gasteiger partial charge is 0.415 e. The van der Waals surface area contributed by atoms with Crippen molar-refractivity contribution in [3.8, 4) is 23.0 Å². The maximum Gasteiger partial charge on any atom is 0.415 e. The number of aromatic nitrogens is 2. The van der Waals surface area contributed by atoms with Gasteiger partial charge in [-0.2, -0.15) is 0 Å². The second-order valence-electron chi connectivity index (χ2n) is 11.1. The molecule has 7 rings (SSSR count). The number of nitrogens with one attached hydrogen (secondary N) is 1. The van der Waals surface area contributed by atoms with Crippen molar-refractivity contribution in [3.05, 3.63) is 90.0 Å². The topological polar surface area (TPSA) is 79.9 Å². The molecule has 0 bridgehead atoms. The SMILES string of the molecule is COc1cc2nccc(Oc3ccc4[nH]c(C)cc4c3F)c2cc1OC(=O)N1CCN(Cc2ccccc2)C2(CC2)C1. The Balaban J connectivity index is 1.13. The second-order valence-corrected chi connectivity index (χ2v) is 11.1. The van der Waals surface area contributed by atoms with E-state index in [9.17, 15) is 4.79 Å². The summed E-state index contributed by atoms with van der Waals surface area (Å²) < 4.78 is 32.9. The summed E-state index contributed by atoms with van der Waals surface area (Å²) in [6, 6.07) is 20.6. The Morgan fingerprint density at radius 2 is 1.81 bits per heavy atom. The first-order valence-electron chi connectivity index (χ1n) is 14.1. The Morgan fingerprint density at radius 1 is 0.976 bits per heavy atom. The number of benzene rings is 3. The lowest BCUT2D eigenvalue weighted by molar-refractivity contribution is 0.0546. The zero-order chi connectivity index (χ0) is 28.8. The van der Waals surface area contributed by atoms with Gasteiger partial charge < -0.3 is 24.1 Å². The van der Waals surface area contributed by atoms with Crippen molar-refractivity contribution in [2.45, 2.75) is 31.8 Å². The molecular formula is C33H31FN4O4. The van der Waals surface area contributed by atoms with Gasteiger partial charge >= 0.3 is 6.09 Å². The maximum atomic E-state index is 15.3. The van der Waals surface area contributed by atoms with Crippen molar-refractivity contribution < 1.29 is 23.4 Å². The van der Waals surface area contributed by atoms with Crippen molar-refractivity contribution in [3.63, 3.8) is 0 Å². The van der Waals surface area contributed by atoms with E-state index in [0.29, 0.717) is 46.4 Å². The number of fused-ring (bicyclic) bond motifs is 2. The molecule has 0 radical (unpaired) electrons. The van der Waals surface area contributed by atoms with Gasteiger partial charge in [-0.25, -0.2) is 9.18 Å². The molecule has 1 amide bonds. The van der Waals surface area contributed by atoms with E-state index in [1.165, 1.54) is 12.7 Å². The van der Waals surface area contributed by atoms with Gasteiger partial charge in [0.2, 0.25) is 0 Å². The average Bonchev–Trinajstić information content (AvgIpc) is 3.66. The molecule has 0 unspecified atom stereocenters. The van der Waals surface area contributed by atoms with Crippen molar-refractivity contribution in [2.24, 2.45) is 0 Å². The number of rotatable bonds is 6. The molecule has 2 aliphatic rings. The van der Waals surface area contributed by atoms with E-state index in [4.69, 9.17) is 14.2 Å². The summed E-state index contributed by atoms with van der Waals surface area (Å²) in [5, 5.41) is 1.02. The molecule has 214 valence electrons. The summed E-state index contributed by atoms with van der Waals surface area (Å²) in [4.78, 5) is 25.3. The molecule has 2 fully saturated rings. The van der Waals surface area contributed by atoms with Crippen LogP contribution in [0.4, 0.5) is 9.18 Å². The maximum absolute atomic E-state index is 15.3. The number of aryl methyl sites for hydroxylation is 1. The summed E-state index contributed by atoms with van der Waals surface area (Å²) in [7, 11) is 1.52. The second kappa shape index (κ2) is 10.3. The van der Waals surface area contributed by atoms with E-state index in [0.717, 1.165) is 31.6 Å². The Morgan fingerprint density at radius 3 is 2.60 bits per heavy atom. The molecule has 9 heteroatoms. The van der Waals surface area contributed by atoms with Crippen LogP contribution in [0.15, 0.2) is 72.9 Å². The minimum absolute atomic E-state index is 0.00526. The number of nitrogens with zero attached hydrogens (tertiary/aromatic N) is 3. The molecular weight excluding hydrogens is 535 g/mol. The lowest BCUT2D eigenvalue weighted by Gasteiger charge is -2.41. The van der Waals surface area contributed by atoms with Crippen molar-refractivity contribution >= 4 is 27.9 Å². The summed E-state index contributed by atoms with van der Waals surface area (Å²) in [6.45, 7) is 4.71. The summed E-state index contributed by atoms with van der Waals surface area (Å²) in [5.74, 6) is 0.645. The molecule has 8 nitrogen and oxygen atoms in total. The number of methoxy groups -OCH3 is 1. The predicted octanol–water partition coefficient (Wildman–Crippen LogP) is 6.81. The predicted molar refractivity (Wildman–Crippen MR) is 158 cm³/mol. The number of hydrogen-bond donors (Lipinski definition) is 1. The molecule has 5 aromatic rings. The number of ether oxygens (including phenoxy) is 3. The van der Waals surface area contributed by atoms with Gasteiger partial charge in [-0.1, -0.05) is 30.3 Å². The van der Waals surface area contributed by atoms with Crippen LogP contribution in [0.1, 0.15) is 24.1 Å². The monoisotopic (exact) mass is 566 g/mol. The first-order chi connectivity index (χ1) is 20.4. The number of piperazine rings is 1. The Bertz CT molecular complexity index is 1800. The molecule has 1 N–H and O–H groups in total. The van der Waals surface area contributed by atoms with E-state index in [1.54, 1.807) is 47.5 Å². The fourth-order valence-electron chi connectivity index (χ4n) is 5.94. The van der Waals surface area contributed by atoms with Crippen molar-refractivity contribution in [2.75, 3.05) is 26.7 Å². The van der Waals surface area contributed by atoms with E-state index in [-0.39, 0.29) is 17.0 Å². The highest BCUT2D eigenvalue weighted by Gasteiger charge is 2.52. The van der Waals surface area contributed by atoms with E-state index in [1.807, 2.05) is 13.0 Å². The standard InChI is InChI=1S/C33H31FN4O4/c1-21-16-24-25(36-21)8-9-28(31(24)34)41-27-10-13-35-26-18-29(40-2)30(17-23(26)27)42-32(39)37-14-15-38(33(20-37)11-12-33)19-22-6-4-3-5-7-22/h3-10,13,16-18,36H,11-12,14-15,19-20H2,1-2H3. The third-order valence-electron chi connectivity index (χ3n) is 8.34. The molecule has 1 spiro atoms. The van der Waals surface area contributed by atoms with Crippen LogP contribution < -0.4 is 14.2 Å². The Kier molecular flexibility index (Phi) is 6.46. The molecule has 2 aromatic heterocycles. The highest BCUT2D eigenvalue weighted by Crippen LogP contribution is 2.45. The molecule has 3 heterocycles. The molecule has 42 heavy (non-hydrogen) atoms. The summed E-state index contributed by atoms with van der Waals surface area (Å²) in [5.41, 5.74) is 3.39. The number of halogens is 1. The van der Waals surface area contributed by atoms with Crippen molar-refractivity contribution in [1.29, 1.82) is 0 Å². The van der Waals surface area contributed by atoms with E-state index >= 15 is 4.39 Å². The van der Waals surface area contributed by atoms with Gasteiger partial charge in [-0.15, -0.1) is 0 Å². The van der Waals surface area contributed by atoms with Crippen LogP contribution in [-0.2, 0) is 6.54 Å². The van der Waals surface area contributed by atoms with Gasteiger partial charge in [0.1, 0.15) is 5.75 Å². The Hall–Kier alpha value is -4.63. The summed E-state index contributed by atoms with van der Waals surface area (Å²) in [6.07, 6.45) is 3.27. The molecule has 1 aliphatic carbocycles. The number of carbonyl (C=O) groups excluding carboxylic acids is 1. The fraction of sp³-hybridized carbons (Fsp3) is 0.273. The van der Waals surface area contributed by atoms with Crippen molar-refractivity contribution in [1.82, 2.24) is 19.8 Å². The molecule has 1 saturated carbocycles. The number of pyridine rings is 1. The number of aromatic amines is 1. The molecule has 1 saturated heterocycles. The van der Waals surface area contributed by atoms with Crippen LogP contribution in [0.2, 0.25) is 0 Å². The number of H-pyrrole nitrogens is 1. The van der Waals surface area contributed by atoms with Crippen LogP contribution in [0, 0.1) is 12.7 Å². The number of amides is 1. The van der Waals surface area contributed by atoms with E-state index < -0.39 is 11.9 Å².